The first-order valence-corrected chi connectivity index (χ1v) is 9.11. The summed E-state index contributed by atoms with van der Waals surface area (Å²) in [4.78, 5) is 27.1. The van der Waals surface area contributed by atoms with E-state index in [1.807, 2.05) is 18.2 Å². The van der Waals surface area contributed by atoms with Crippen molar-refractivity contribution in [2.45, 2.75) is 26.3 Å². The molecule has 3 aromatic rings. The maximum absolute atomic E-state index is 12.2. The summed E-state index contributed by atoms with van der Waals surface area (Å²) >= 11 is 5.81. The van der Waals surface area contributed by atoms with E-state index in [0.717, 1.165) is 10.9 Å². The Hall–Kier alpha value is -2.79. The van der Waals surface area contributed by atoms with Gasteiger partial charge in [0.05, 0.1) is 0 Å². The van der Waals surface area contributed by atoms with Crippen LogP contribution in [0.2, 0.25) is 5.02 Å². The molecule has 6 heteroatoms. The van der Waals surface area contributed by atoms with E-state index in [1.54, 1.807) is 24.3 Å². The number of amides is 1. The predicted molar refractivity (Wildman–Crippen MR) is 107 cm³/mol. The van der Waals surface area contributed by atoms with Crippen molar-refractivity contribution < 1.29 is 9.53 Å². The van der Waals surface area contributed by atoms with E-state index in [-0.39, 0.29) is 24.6 Å². The Labute approximate surface area is 162 Å². The number of ether oxygens (including phenoxy) is 1. The largest absolute Gasteiger partial charge is 0.484 e. The van der Waals surface area contributed by atoms with Crippen molar-refractivity contribution in [3.05, 3.63) is 75.0 Å². The smallest absolute Gasteiger partial charge is 0.258 e. The summed E-state index contributed by atoms with van der Waals surface area (Å²) in [5, 5.41) is 4.26. The molecule has 3 rings (SSSR count). The van der Waals surface area contributed by atoms with Crippen molar-refractivity contribution in [2.24, 2.45) is 0 Å². The molecule has 0 aliphatic carbocycles. The third kappa shape index (κ3) is 4.89. The fourth-order valence-electron chi connectivity index (χ4n) is 2.69. The number of hydrogen-bond acceptors (Lipinski definition) is 3. The lowest BCUT2D eigenvalue weighted by Crippen LogP contribution is -2.30. The molecular formula is C21H21ClN2O3. The minimum absolute atomic E-state index is 0.134. The van der Waals surface area contributed by atoms with Crippen LogP contribution in [-0.4, -0.2) is 17.5 Å². The lowest BCUT2D eigenvalue weighted by atomic mass is 10.0. The summed E-state index contributed by atoms with van der Waals surface area (Å²) in [5.41, 5.74) is 2.27. The van der Waals surface area contributed by atoms with Gasteiger partial charge in [-0.1, -0.05) is 31.5 Å². The second-order valence-corrected chi connectivity index (χ2v) is 7.08. The van der Waals surface area contributed by atoms with Crippen LogP contribution in [0, 0.1) is 0 Å². The first-order chi connectivity index (χ1) is 12.9. The third-order valence-electron chi connectivity index (χ3n) is 4.27. The number of carbonyl (C=O) groups excluding carboxylic acids is 1. The molecule has 1 amide bonds. The molecule has 140 valence electrons. The Bertz CT molecular complexity index is 1010. The highest BCUT2D eigenvalue weighted by Gasteiger charge is 2.08. The van der Waals surface area contributed by atoms with E-state index in [4.69, 9.17) is 16.3 Å². The average Bonchev–Trinajstić information content (AvgIpc) is 2.65. The zero-order valence-corrected chi connectivity index (χ0v) is 16.0. The number of carbonyl (C=O) groups is 1. The van der Waals surface area contributed by atoms with Gasteiger partial charge in [0, 0.05) is 22.6 Å². The number of fused-ring (bicyclic) bond motifs is 1. The van der Waals surface area contributed by atoms with Crippen molar-refractivity contribution in [3.8, 4) is 5.75 Å². The van der Waals surface area contributed by atoms with Crippen LogP contribution in [0.25, 0.3) is 10.9 Å². The van der Waals surface area contributed by atoms with Crippen LogP contribution in [0.15, 0.2) is 53.3 Å². The van der Waals surface area contributed by atoms with Crippen molar-refractivity contribution in [3.63, 3.8) is 0 Å². The van der Waals surface area contributed by atoms with E-state index >= 15 is 0 Å². The molecule has 0 unspecified atom stereocenters. The van der Waals surface area contributed by atoms with Crippen LogP contribution in [-0.2, 0) is 11.3 Å². The van der Waals surface area contributed by atoms with E-state index in [9.17, 15) is 9.59 Å². The number of rotatable bonds is 6. The Balaban J connectivity index is 1.64. The molecule has 0 saturated carbocycles. The Morgan fingerprint density at radius 1 is 1.15 bits per heavy atom. The maximum atomic E-state index is 12.2. The van der Waals surface area contributed by atoms with Crippen molar-refractivity contribution >= 4 is 28.4 Å². The van der Waals surface area contributed by atoms with E-state index in [1.165, 1.54) is 5.56 Å². The van der Waals surface area contributed by atoms with E-state index < -0.39 is 0 Å². The predicted octanol–water partition coefficient (Wildman–Crippen LogP) is 4.00. The number of benzene rings is 2. The monoisotopic (exact) mass is 384 g/mol. The number of aromatic nitrogens is 1. The standard InChI is InChI=1S/C21H21ClN2O3/c1-13(2)14-3-8-19-15(9-14)10-16(21(26)24-19)11-23-20(25)12-27-18-6-4-17(22)5-7-18/h3-10,13H,11-12H2,1-2H3,(H,23,25)(H,24,26). The molecule has 0 saturated heterocycles. The van der Waals surface area contributed by atoms with Crippen LogP contribution in [0.3, 0.4) is 0 Å². The molecule has 0 bridgehead atoms. The van der Waals surface area contributed by atoms with Gasteiger partial charge in [-0.25, -0.2) is 0 Å². The highest BCUT2D eigenvalue weighted by Crippen LogP contribution is 2.20. The SMILES string of the molecule is CC(C)c1ccc2[nH]c(=O)c(CNC(=O)COc3ccc(Cl)cc3)cc2c1. The van der Waals surface area contributed by atoms with Gasteiger partial charge >= 0.3 is 0 Å². The number of H-pyrrole nitrogens is 1. The first-order valence-electron chi connectivity index (χ1n) is 8.73. The number of halogens is 1. The number of nitrogens with one attached hydrogen (secondary N) is 2. The molecular weight excluding hydrogens is 364 g/mol. The molecule has 2 N–H and O–H groups in total. The van der Waals surface area contributed by atoms with Crippen molar-refractivity contribution in [1.29, 1.82) is 0 Å². The normalized spacial score (nSPS) is 11.0. The molecule has 0 aliphatic heterocycles. The lowest BCUT2D eigenvalue weighted by Gasteiger charge is -2.10. The van der Waals surface area contributed by atoms with Gasteiger partial charge in [-0.3, -0.25) is 9.59 Å². The quantitative estimate of drug-likeness (QED) is 0.674. The fraction of sp³-hybridized carbons (Fsp3) is 0.238. The van der Waals surface area contributed by atoms with Crippen LogP contribution in [0.1, 0.15) is 30.9 Å². The van der Waals surface area contributed by atoms with Gasteiger partial charge in [0.2, 0.25) is 0 Å². The molecule has 0 spiro atoms. The minimum atomic E-state index is -0.305. The molecule has 2 aromatic carbocycles. The second-order valence-electron chi connectivity index (χ2n) is 6.64. The minimum Gasteiger partial charge on any atom is -0.484 e. The van der Waals surface area contributed by atoms with Crippen LogP contribution >= 0.6 is 11.6 Å². The van der Waals surface area contributed by atoms with Crippen molar-refractivity contribution in [2.75, 3.05) is 6.61 Å². The molecule has 0 fully saturated rings. The van der Waals surface area contributed by atoms with Gasteiger partial charge in [-0.2, -0.15) is 0 Å². The average molecular weight is 385 g/mol. The number of pyridine rings is 1. The van der Waals surface area contributed by atoms with Gasteiger partial charge in [0.25, 0.3) is 11.5 Å². The molecule has 1 aromatic heterocycles. The van der Waals surface area contributed by atoms with Gasteiger partial charge in [-0.05, 0) is 59.3 Å². The molecule has 5 nitrogen and oxygen atoms in total. The highest BCUT2D eigenvalue weighted by atomic mass is 35.5. The summed E-state index contributed by atoms with van der Waals surface area (Å²) in [7, 11) is 0. The first kappa shape index (κ1) is 19.0. The molecule has 1 heterocycles. The summed E-state index contributed by atoms with van der Waals surface area (Å²) in [6.07, 6.45) is 0. The second kappa shape index (κ2) is 8.27. The number of hydrogen-bond donors (Lipinski definition) is 2. The van der Waals surface area contributed by atoms with E-state index in [0.29, 0.717) is 22.3 Å². The zero-order valence-electron chi connectivity index (χ0n) is 15.2. The third-order valence-corrected chi connectivity index (χ3v) is 4.52. The summed E-state index contributed by atoms with van der Waals surface area (Å²) in [5.74, 6) is 0.647. The molecule has 0 radical (unpaired) electrons. The van der Waals surface area contributed by atoms with Gasteiger partial charge in [-0.15, -0.1) is 0 Å². The zero-order chi connectivity index (χ0) is 19.4. The van der Waals surface area contributed by atoms with Crippen LogP contribution in [0.4, 0.5) is 0 Å². The lowest BCUT2D eigenvalue weighted by molar-refractivity contribution is -0.123. The van der Waals surface area contributed by atoms with Crippen LogP contribution in [0.5, 0.6) is 5.75 Å². The van der Waals surface area contributed by atoms with Gasteiger partial charge in [0.1, 0.15) is 5.75 Å². The molecule has 27 heavy (non-hydrogen) atoms. The van der Waals surface area contributed by atoms with Crippen LogP contribution < -0.4 is 15.6 Å². The summed E-state index contributed by atoms with van der Waals surface area (Å²) in [6, 6.07) is 14.6. The number of aromatic amines is 1. The topological polar surface area (TPSA) is 71.2 Å². The Morgan fingerprint density at radius 3 is 2.59 bits per heavy atom. The Kier molecular flexibility index (Phi) is 5.81. The van der Waals surface area contributed by atoms with Gasteiger partial charge < -0.3 is 15.0 Å². The van der Waals surface area contributed by atoms with E-state index in [2.05, 4.69) is 30.2 Å². The van der Waals surface area contributed by atoms with Crippen molar-refractivity contribution in [1.82, 2.24) is 10.3 Å². The van der Waals surface area contributed by atoms with Gasteiger partial charge in [0.15, 0.2) is 6.61 Å². The Morgan fingerprint density at radius 2 is 1.89 bits per heavy atom. The summed E-state index contributed by atoms with van der Waals surface area (Å²) in [6.45, 7) is 4.24. The molecule has 0 atom stereocenters. The fourth-order valence-corrected chi connectivity index (χ4v) is 2.81. The summed E-state index contributed by atoms with van der Waals surface area (Å²) < 4.78 is 5.40. The maximum Gasteiger partial charge on any atom is 0.258 e. The highest BCUT2D eigenvalue weighted by molar-refractivity contribution is 6.30. The molecule has 0 aliphatic rings.